The number of aromatic nitrogens is 4. The van der Waals surface area contributed by atoms with Crippen LogP contribution >= 0.6 is 0 Å². The van der Waals surface area contributed by atoms with Crippen molar-refractivity contribution in [2.45, 2.75) is 37.8 Å². The van der Waals surface area contributed by atoms with E-state index in [9.17, 15) is 0 Å². The van der Waals surface area contributed by atoms with Crippen LogP contribution in [0.2, 0.25) is 0 Å². The van der Waals surface area contributed by atoms with Crippen molar-refractivity contribution in [1.82, 2.24) is 19.9 Å². The summed E-state index contributed by atoms with van der Waals surface area (Å²) >= 11 is 0. The zero-order valence-corrected chi connectivity index (χ0v) is 17.9. The molecule has 1 saturated carbocycles. The summed E-state index contributed by atoms with van der Waals surface area (Å²) in [5.74, 6) is 1.72. The maximum absolute atomic E-state index is 4.87. The molecule has 1 fully saturated rings. The Morgan fingerprint density at radius 2 is 1.09 bits per heavy atom. The molecule has 1 aliphatic carbocycles. The van der Waals surface area contributed by atoms with Gasteiger partial charge in [0.15, 0.2) is 0 Å². The number of aliphatic imine (C=N–C) groups is 2. The molecule has 0 bridgehead atoms. The van der Waals surface area contributed by atoms with Crippen LogP contribution in [0.4, 0.5) is 0 Å². The van der Waals surface area contributed by atoms with Crippen molar-refractivity contribution >= 4 is 12.4 Å². The van der Waals surface area contributed by atoms with Gasteiger partial charge in [-0.25, -0.2) is 9.97 Å². The number of nitrogens with one attached hydrogen (secondary N) is 2. The molecule has 0 spiro atoms. The number of imidazole rings is 2. The van der Waals surface area contributed by atoms with Gasteiger partial charge in [-0.3, -0.25) is 9.98 Å². The Labute approximate surface area is 187 Å². The van der Waals surface area contributed by atoms with E-state index in [1.807, 2.05) is 85.5 Å². The van der Waals surface area contributed by atoms with Gasteiger partial charge in [-0.1, -0.05) is 73.5 Å². The molecule has 4 aromatic rings. The van der Waals surface area contributed by atoms with Crippen LogP contribution in [-0.4, -0.2) is 44.4 Å². The largest absolute Gasteiger partial charge is 0.337 e. The van der Waals surface area contributed by atoms with E-state index in [1.54, 1.807) is 0 Å². The second-order valence-corrected chi connectivity index (χ2v) is 8.08. The van der Waals surface area contributed by atoms with Crippen molar-refractivity contribution in [1.29, 1.82) is 0 Å². The molecule has 2 N–H and O–H groups in total. The topological polar surface area (TPSA) is 82.1 Å². The van der Waals surface area contributed by atoms with Crippen LogP contribution in [0.25, 0.3) is 22.8 Å². The molecule has 2 atom stereocenters. The zero-order valence-electron chi connectivity index (χ0n) is 17.9. The second-order valence-electron chi connectivity index (χ2n) is 8.08. The van der Waals surface area contributed by atoms with Gasteiger partial charge in [-0.05, 0) is 12.8 Å². The van der Waals surface area contributed by atoms with E-state index in [-0.39, 0.29) is 12.1 Å². The van der Waals surface area contributed by atoms with Crippen LogP contribution in [0.15, 0.2) is 83.0 Å². The number of H-pyrrole nitrogens is 2. The maximum Gasteiger partial charge on any atom is 0.137 e. The Kier molecular flexibility index (Phi) is 6.01. The molecule has 0 saturated heterocycles. The Hall–Kier alpha value is -3.80. The Morgan fingerprint density at radius 1 is 0.656 bits per heavy atom. The van der Waals surface area contributed by atoms with E-state index in [0.717, 1.165) is 47.0 Å². The van der Waals surface area contributed by atoms with E-state index in [1.165, 1.54) is 12.8 Å². The summed E-state index contributed by atoms with van der Waals surface area (Å²) in [6.45, 7) is 0. The van der Waals surface area contributed by atoms with Crippen LogP contribution < -0.4 is 0 Å². The smallest absolute Gasteiger partial charge is 0.137 e. The number of rotatable bonds is 6. The Bertz CT molecular complexity index is 1090. The number of hydrogen-bond donors (Lipinski definition) is 2. The maximum atomic E-state index is 4.87. The van der Waals surface area contributed by atoms with E-state index in [0.29, 0.717) is 0 Å². The summed E-state index contributed by atoms with van der Waals surface area (Å²) in [5.41, 5.74) is 3.97. The molecule has 0 amide bonds. The summed E-state index contributed by atoms with van der Waals surface area (Å²) in [7, 11) is 0. The van der Waals surface area contributed by atoms with E-state index >= 15 is 0 Å². The van der Waals surface area contributed by atoms with Gasteiger partial charge >= 0.3 is 0 Å². The van der Waals surface area contributed by atoms with Crippen molar-refractivity contribution in [3.05, 3.63) is 84.4 Å². The summed E-state index contributed by atoms with van der Waals surface area (Å²) < 4.78 is 0. The fourth-order valence-electron chi connectivity index (χ4n) is 4.08. The SMILES string of the molecule is C(=N[C@H]1CCCC[C@@H]1N=Cc1cnc(-c2ccccc2)[nH]1)c1cnc(-c2ccccc2)[nH]1. The monoisotopic (exact) mass is 422 g/mol. The molecular formula is C26H26N6. The first-order chi connectivity index (χ1) is 15.8. The first-order valence-corrected chi connectivity index (χ1v) is 11.1. The molecule has 0 radical (unpaired) electrons. The van der Waals surface area contributed by atoms with Crippen LogP contribution in [0.3, 0.4) is 0 Å². The fraction of sp³-hybridized carbons (Fsp3) is 0.231. The van der Waals surface area contributed by atoms with Gasteiger partial charge in [-0.2, -0.15) is 0 Å². The van der Waals surface area contributed by atoms with Crippen molar-refractivity contribution in [2.75, 3.05) is 0 Å². The highest BCUT2D eigenvalue weighted by Crippen LogP contribution is 2.24. The summed E-state index contributed by atoms with van der Waals surface area (Å²) in [6, 6.07) is 20.6. The zero-order chi connectivity index (χ0) is 21.6. The average Bonchev–Trinajstić information content (AvgIpc) is 3.53. The van der Waals surface area contributed by atoms with Crippen molar-refractivity contribution in [3.8, 4) is 22.8 Å². The standard InChI is InChI=1S/C26H26N6/c1-3-9-19(10-4-1)25-29-17-21(31-25)15-27-23-13-7-8-14-24(23)28-16-22-18-30-26(32-22)20-11-5-2-6-12-20/h1-6,9-12,15-18,23-24H,7-8,13-14H2,(H,29,31)(H,30,32)/t23-,24-/m0/s1. The lowest BCUT2D eigenvalue weighted by molar-refractivity contribution is 0.390. The Balaban J connectivity index is 1.26. The van der Waals surface area contributed by atoms with E-state index in [2.05, 4.69) is 19.9 Å². The Morgan fingerprint density at radius 3 is 1.53 bits per heavy atom. The summed E-state index contributed by atoms with van der Waals surface area (Å²) in [5, 5.41) is 0. The minimum Gasteiger partial charge on any atom is -0.337 e. The van der Waals surface area contributed by atoms with Crippen molar-refractivity contribution in [2.24, 2.45) is 9.98 Å². The number of benzene rings is 2. The van der Waals surface area contributed by atoms with E-state index < -0.39 is 0 Å². The predicted octanol–water partition coefficient (Wildman–Crippen LogP) is 5.32. The van der Waals surface area contributed by atoms with Crippen LogP contribution in [-0.2, 0) is 0 Å². The minimum absolute atomic E-state index is 0.181. The van der Waals surface area contributed by atoms with E-state index in [4.69, 9.17) is 9.98 Å². The molecule has 0 unspecified atom stereocenters. The van der Waals surface area contributed by atoms with Crippen molar-refractivity contribution in [3.63, 3.8) is 0 Å². The van der Waals surface area contributed by atoms with Gasteiger partial charge < -0.3 is 9.97 Å². The molecule has 6 heteroatoms. The third kappa shape index (κ3) is 4.75. The number of hydrogen-bond acceptors (Lipinski definition) is 4. The van der Waals surface area contributed by atoms with Gasteiger partial charge in [0.05, 0.1) is 35.9 Å². The molecule has 160 valence electrons. The average molecular weight is 423 g/mol. The third-order valence-electron chi connectivity index (χ3n) is 5.79. The number of aromatic amines is 2. The number of nitrogens with zero attached hydrogens (tertiary/aromatic N) is 4. The molecule has 2 aromatic heterocycles. The first kappa shape index (κ1) is 20.1. The second kappa shape index (κ2) is 9.56. The lowest BCUT2D eigenvalue weighted by Crippen LogP contribution is -2.27. The first-order valence-electron chi connectivity index (χ1n) is 11.1. The van der Waals surface area contributed by atoms with Gasteiger partial charge in [0, 0.05) is 23.6 Å². The molecule has 2 heterocycles. The van der Waals surface area contributed by atoms with Gasteiger partial charge in [0.1, 0.15) is 11.6 Å². The lowest BCUT2D eigenvalue weighted by atomic mass is 9.91. The normalized spacial score (nSPS) is 19.1. The fourth-order valence-corrected chi connectivity index (χ4v) is 4.08. The van der Waals surface area contributed by atoms with Crippen LogP contribution in [0.1, 0.15) is 37.1 Å². The third-order valence-corrected chi connectivity index (χ3v) is 5.79. The predicted molar refractivity (Wildman–Crippen MR) is 129 cm³/mol. The summed E-state index contributed by atoms with van der Waals surface area (Å²) in [4.78, 5) is 25.4. The van der Waals surface area contributed by atoms with Gasteiger partial charge in [0.2, 0.25) is 0 Å². The molecule has 2 aromatic carbocycles. The highest BCUT2D eigenvalue weighted by atomic mass is 15.0. The van der Waals surface area contributed by atoms with Gasteiger partial charge in [0.25, 0.3) is 0 Å². The summed E-state index contributed by atoms with van der Waals surface area (Å²) in [6.07, 6.45) is 12.0. The molecule has 6 nitrogen and oxygen atoms in total. The van der Waals surface area contributed by atoms with Crippen LogP contribution in [0.5, 0.6) is 0 Å². The minimum atomic E-state index is 0.181. The molecular weight excluding hydrogens is 396 g/mol. The lowest BCUT2D eigenvalue weighted by Gasteiger charge is -2.25. The van der Waals surface area contributed by atoms with Gasteiger partial charge in [-0.15, -0.1) is 0 Å². The quantitative estimate of drug-likeness (QED) is 0.413. The molecule has 32 heavy (non-hydrogen) atoms. The van der Waals surface area contributed by atoms with Crippen molar-refractivity contribution < 1.29 is 0 Å². The molecule has 1 aliphatic rings. The van der Waals surface area contributed by atoms with Crippen LogP contribution in [0, 0.1) is 0 Å². The molecule has 0 aliphatic heterocycles. The highest BCUT2D eigenvalue weighted by Gasteiger charge is 2.23. The molecule has 5 rings (SSSR count). The highest BCUT2D eigenvalue weighted by molar-refractivity contribution is 5.79.